The number of alkyl halides is 2. The minimum atomic E-state index is -1.89. The van der Waals surface area contributed by atoms with E-state index in [1.165, 1.54) is 6.08 Å². The Balaban J connectivity index is 2.56. The Morgan fingerprint density at radius 1 is 1.17 bits per heavy atom. The van der Waals surface area contributed by atoms with Crippen molar-refractivity contribution in [2.45, 2.75) is 10.4 Å². The van der Waals surface area contributed by atoms with Gasteiger partial charge in [0.2, 0.25) is 0 Å². The molecule has 1 nitrogen and oxygen atoms in total. The monoisotopic (exact) mass is 342 g/mol. The van der Waals surface area contributed by atoms with Crippen LogP contribution in [0.25, 0.3) is 5.57 Å². The normalized spacial score (nSPS) is 28.3. The third kappa shape index (κ3) is 2.53. The van der Waals surface area contributed by atoms with Crippen molar-refractivity contribution in [2.24, 2.45) is 0 Å². The van der Waals surface area contributed by atoms with Gasteiger partial charge in [-0.05, 0) is 29.3 Å². The van der Waals surface area contributed by atoms with Gasteiger partial charge in [-0.25, -0.2) is 0 Å². The maximum atomic E-state index is 9.89. The third-order valence-electron chi connectivity index (χ3n) is 2.56. The summed E-state index contributed by atoms with van der Waals surface area (Å²) >= 11 is 29.8. The molecule has 2 atom stereocenters. The van der Waals surface area contributed by atoms with Gasteiger partial charge in [-0.1, -0.05) is 58.5 Å². The highest BCUT2D eigenvalue weighted by Crippen LogP contribution is 2.45. The maximum absolute atomic E-state index is 9.89. The average Bonchev–Trinajstić information content (AvgIpc) is 2.32. The van der Waals surface area contributed by atoms with Crippen LogP contribution < -0.4 is 0 Å². The van der Waals surface area contributed by atoms with Gasteiger partial charge in [0.05, 0.1) is 5.03 Å². The predicted molar refractivity (Wildman–Crippen MR) is 78.6 cm³/mol. The van der Waals surface area contributed by atoms with Crippen LogP contribution in [0.1, 0.15) is 5.56 Å². The average molecular weight is 344 g/mol. The van der Waals surface area contributed by atoms with Crippen molar-refractivity contribution in [1.29, 1.82) is 0 Å². The first-order valence-electron chi connectivity index (χ1n) is 4.92. The molecule has 0 radical (unpaired) electrons. The molecule has 18 heavy (non-hydrogen) atoms. The molecule has 1 aromatic rings. The van der Waals surface area contributed by atoms with Crippen molar-refractivity contribution in [3.63, 3.8) is 0 Å². The summed E-state index contributed by atoms with van der Waals surface area (Å²) in [5.41, 5.74) is 1.35. The summed E-state index contributed by atoms with van der Waals surface area (Å²) < 4.78 is 0. The van der Waals surface area contributed by atoms with E-state index in [0.29, 0.717) is 10.6 Å². The van der Waals surface area contributed by atoms with E-state index in [1.54, 1.807) is 18.2 Å². The molecule has 6 heteroatoms. The molecular weight excluding hydrogens is 337 g/mol. The molecular formula is C12H7Cl5O. The van der Waals surface area contributed by atoms with E-state index in [9.17, 15) is 5.11 Å². The minimum Gasteiger partial charge on any atom is -0.369 e. The zero-order valence-corrected chi connectivity index (χ0v) is 12.6. The van der Waals surface area contributed by atoms with Gasteiger partial charge in [-0.2, -0.15) is 0 Å². The summed E-state index contributed by atoms with van der Waals surface area (Å²) in [4.78, 5) is 0. The Kier molecular flexibility index (Phi) is 4.23. The molecule has 0 amide bonds. The van der Waals surface area contributed by atoms with Crippen LogP contribution in [0.15, 0.2) is 40.4 Å². The molecule has 2 unspecified atom stereocenters. The molecule has 1 aliphatic carbocycles. The molecule has 0 heterocycles. The first-order valence-corrected chi connectivity index (χ1v) is 6.87. The number of allylic oxidation sites excluding steroid dienone is 2. The number of aliphatic hydroxyl groups is 1. The molecule has 0 bridgehead atoms. The molecule has 0 aliphatic heterocycles. The second-order valence-electron chi connectivity index (χ2n) is 3.80. The third-order valence-corrected chi connectivity index (χ3v) is 4.89. The molecule has 0 fully saturated rings. The van der Waals surface area contributed by atoms with Crippen LogP contribution in [0.2, 0.25) is 5.02 Å². The van der Waals surface area contributed by atoms with Gasteiger partial charge in [0, 0.05) is 10.1 Å². The second kappa shape index (κ2) is 5.24. The van der Waals surface area contributed by atoms with E-state index in [-0.39, 0.29) is 10.1 Å². The molecule has 1 aliphatic rings. The van der Waals surface area contributed by atoms with Crippen molar-refractivity contribution in [3.05, 3.63) is 51.0 Å². The summed E-state index contributed by atoms with van der Waals surface area (Å²) in [7, 11) is 0. The fourth-order valence-electron chi connectivity index (χ4n) is 1.60. The molecule has 1 aromatic carbocycles. The van der Waals surface area contributed by atoms with Gasteiger partial charge >= 0.3 is 0 Å². The summed E-state index contributed by atoms with van der Waals surface area (Å²) in [6, 6.07) is 7.06. The highest BCUT2D eigenvalue weighted by molar-refractivity contribution is 6.48. The quantitative estimate of drug-likeness (QED) is 0.714. The van der Waals surface area contributed by atoms with Gasteiger partial charge in [-0.3, -0.25) is 0 Å². The molecule has 0 saturated heterocycles. The Bertz CT molecular complexity index is 547. The maximum Gasteiger partial charge on any atom is 0.196 e. The van der Waals surface area contributed by atoms with Crippen LogP contribution in [0.5, 0.6) is 0 Å². The second-order valence-corrected chi connectivity index (χ2v) is 6.06. The molecule has 0 aromatic heterocycles. The summed E-state index contributed by atoms with van der Waals surface area (Å²) in [6.45, 7) is 0. The van der Waals surface area contributed by atoms with Crippen LogP contribution in [0, 0.1) is 0 Å². The lowest BCUT2D eigenvalue weighted by Gasteiger charge is -2.30. The van der Waals surface area contributed by atoms with E-state index < -0.39 is 10.4 Å². The first-order chi connectivity index (χ1) is 8.34. The van der Waals surface area contributed by atoms with Crippen LogP contribution in [-0.2, 0) is 0 Å². The number of halogens is 5. The minimum absolute atomic E-state index is 0.0172. The zero-order chi connectivity index (χ0) is 13.5. The van der Waals surface area contributed by atoms with E-state index in [1.807, 2.05) is 6.07 Å². The number of hydrogen-bond acceptors (Lipinski definition) is 1. The van der Waals surface area contributed by atoms with Gasteiger partial charge in [0.25, 0.3) is 0 Å². The van der Waals surface area contributed by atoms with E-state index in [4.69, 9.17) is 58.0 Å². The Morgan fingerprint density at radius 3 is 2.44 bits per heavy atom. The number of rotatable bonds is 1. The van der Waals surface area contributed by atoms with Crippen molar-refractivity contribution in [2.75, 3.05) is 0 Å². The van der Waals surface area contributed by atoms with Crippen molar-refractivity contribution in [3.8, 4) is 0 Å². The predicted octanol–water partition coefficient (Wildman–Crippen LogP) is 4.96. The standard InChI is InChI=1S/C12H7Cl5O/c13-7-3-1-2-6(4-7)8-5-9(14)12(17,18)11(16)10(8)15/h1-5,11,18H. The lowest BCUT2D eigenvalue weighted by Crippen LogP contribution is -2.36. The molecule has 0 spiro atoms. The highest BCUT2D eigenvalue weighted by atomic mass is 35.5. The summed E-state index contributed by atoms with van der Waals surface area (Å²) in [5.74, 6) is 0. The smallest absolute Gasteiger partial charge is 0.196 e. The van der Waals surface area contributed by atoms with E-state index in [2.05, 4.69) is 0 Å². The van der Waals surface area contributed by atoms with Crippen LogP contribution in [-0.4, -0.2) is 15.5 Å². The molecule has 96 valence electrons. The Hall–Kier alpha value is 0.110. The fourth-order valence-corrected chi connectivity index (χ4v) is 2.84. The van der Waals surface area contributed by atoms with Crippen LogP contribution >= 0.6 is 58.0 Å². The van der Waals surface area contributed by atoms with Crippen molar-refractivity contribution < 1.29 is 5.11 Å². The summed E-state index contributed by atoms with van der Waals surface area (Å²) in [5, 5.41) is 7.78. The lowest BCUT2D eigenvalue weighted by atomic mass is 9.97. The Labute approximate surface area is 130 Å². The molecule has 0 saturated carbocycles. The SMILES string of the molecule is OC1(Cl)C(Cl)=CC(c2cccc(Cl)c2)=C(Cl)C1Cl. The fraction of sp³-hybridized carbons (Fsp3) is 0.167. The van der Waals surface area contributed by atoms with Gasteiger partial charge in [0.1, 0.15) is 5.38 Å². The van der Waals surface area contributed by atoms with Gasteiger partial charge in [0.15, 0.2) is 5.06 Å². The first kappa shape index (κ1) is 14.5. The van der Waals surface area contributed by atoms with Crippen molar-refractivity contribution >= 4 is 63.6 Å². The van der Waals surface area contributed by atoms with Gasteiger partial charge in [-0.15, -0.1) is 11.6 Å². The van der Waals surface area contributed by atoms with E-state index >= 15 is 0 Å². The number of hydrogen-bond donors (Lipinski definition) is 1. The Morgan fingerprint density at radius 2 is 1.83 bits per heavy atom. The molecule has 1 N–H and O–H groups in total. The largest absolute Gasteiger partial charge is 0.369 e. The van der Waals surface area contributed by atoms with E-state index in [0.717, 1.165) is 5.56 Å². The van der Waals surface area contributed by atoms with Crippen LogP contribution in [0.4, 0.5) is 0 Å². The number of benzene rings is 1. The topological polar surface area (TPSA) is 20.2 Å². The van der Waals surface area contributed by atoms with Crippen molar-refractivity contribution in [1.82, 2.24) is 0 Å². The van der Waals surface area contributed by atoms with Gasteiger partial charge < -0.3 is 5.11 Å². The summed E-state index contributed by atoms with van der Waals surface area (Å²) in [6.07, 6.45) is 1.49. The van der Waals surface area contributed by atoms with Crippen LogP contribution in [0.3, 0.4) is 0 Å². The highest BCUT2D eigenvalue weighted by Gasteiger charge is 2.42. The lowest BCUT2D eigenvalue weighted by molar-refractivity contribution is 0.179. The zero-order valence-electron chi connectivity index (χ0n) is 8.80. The molecule has 2 rings (SSSR count).